The number of halogens is 1. The molecule has 1 aromatic heterocycles. The standard InChI is InChI=1S/C24H33FN4O3/c1-5-8-19-11-22(27(4)26-19)24(31)29-14-20(13-28(12-17(2)3)23(30)15-29)32-16-18-9-6-7-10-21(18)25/h6-7,9-11,17,20H,5,8,12-16H2,1-4H3. The van der Waals surface area contributed by atoms with Crippen LogP contribution in [0.25, 0.3) is 0 Å². The minimum absolute atomic E-state index is 0.0145. The number of amides is 2. The van der Waals surface area contributed by atoms with Gasteiger partial charge in [0.05, 0.1) is 18.4 Å². The van der Waals surface area contributed by atoms with Crippen LogP contribution in [0.5, 0.6) is 0 Å². The molecule has 2 amide bonds. The summed E-state index contributed by atoms with van der Waals surface area (Å²) in [6, 6.07) is 8.26. The fourth-order valence-electron chi connectivity index (χ4n) is 3.95. The Bertz CT molecular complexity index is 943. The molecule has 1 saturated heterocycles. The summed E-state index contributed by atoms with van der Waals surface area (Å²) in [5.41, 5.74) is 1.76. The highest BCUT2D eigenvalue weighted by atomic mass is 19.1. The largest absolute Gasteiger partial charge is 0.370 e. The van der Waals surface area contributed by atoms with Crippen LogP contribution in [-0.2, 0) is 29.6 Å². The van der Waals surface area contributed by atoms with E-state index in [2.05, 4.69) is 12.0 Å². The molecule has 1 aliphatic rings. The molecule has 2 heterocycles. The maximum absolute atomic E-state index is 14.1. The van der Waals surface area contributed by atoms with E-state index >= 15 is 0 Å². The van der Waals surface area contributed by atoms with Gasteiger partial charge in [0.25, 0.3) is 5.91 Å². The van der Waals surface area contributed by atoms with Gasteiger partial charge in [-0.25, -0.2) is 4.39 Å². The third kappa shape index (κ3) is 5.94. The first-order chi connectivity index (χ1) is 15.3. The van der Waals surface area contributed by atoms with Crippen molar-refractivity contribution in [3.05, 3.63) is 53.1 Å². The first-order valence-corrected chi connectivity index (χ1v) is 11.2. The lowest BCUT2D eigenvalue weighted by Crippen LogP contribution is -2.41. The Labute approximate surface area is 189 Å². The van der Waals surface area contributed by atoms with Gasteiger partial charge in [0.15, 0.2) is 0 Å². The summed E-state index contributed by atoms with van der Waals surface area (Å²) in [6.07, 6.45) is 1.30. The van der Waals surface area contributed by atoms with Crippen molar-refractivity contribution >= 4 is 11.8 Å². The summed E-state index contributed by atoms with van der Waals surface area (Å²) in [5, 5.41) is 4.42. The van der Waals surface area contributed by atoms with Gasteiger partial charge in [0, 0.05) is 32.2 Å². The lowest BCUT2D eigenvalue weighted by atomic mass is 10.2. The van der Waals surface area contributed by atoms with E-state index in [9.17, 15) is 14.0 Å². The van der Waals surface area contributed by atoms with E-state index in [1.54, 1.807) is 40.9 Å². The molecule has 3 rings (SSSR count). The lowest BCUT2D eigenvalue weighted by Gasteiger charge is -2.26. The third-order valence-corrected chi connectivity index (χ3v) is 5.49. The summed E-state index contributed by atoms with van der Waals surface area (Å²) < 4.78 is 21.7. The second kappa shape index (κ2) is 10.7. The highest BCUT2D eigenvalue weighted by Gasteiger charge is 2.32. The summed E-state index contributed by atoms with van der Waals surface area (Å²) in [4.78, 5) is 29.5. The monoisotopic (exact) mass is 444 g/mol. The van der Waals surface area contributed by atoms with E-state index in [4.69, 9.17) is 4.74 Å². The molecule has 0 aliphatic carbocycles. The van der Waals surface area contributed by atoms with Gasteiger partial charge in [-0.15, -0.1) is 0 Å². The predicted molar refractivity (Wildman–Crippen MR) is 120 cm³/mol. The first-order valence-electron chi connectivity index (χ1n) is 11.2. The summed E-state index contributed by atoms with van der Waals surface area (Å²) >= 11 is 0. The normalized spacial score (nSPS) is 17.2. The minimum Gasteiger partial charge on any atom is -0.370 e. The number of carbonyl (C=O) groups excluding carboxylic acids is 2. The Balaban J connectivity index is 1.80. The van der Waals surface area contributed by atoms with Crippen LogP contribution in [0.2, 0.25) is 0 Å². The fraction of sp³-hybridized carbons (Fsp3) is 0.542. The van der Waals surface area contributed by atoms with E-state index in [0.29, 0.717) is 24.3 Å². The van der Waals surface area contributed by atoms with Crippen LogP contribution in [0.1, 0.15) is 48.9 Å². The van der Waals surface area contributed by atoms with Crippen LogP contribution in [0.15, 0.2) is 30.3 Å². The second-order valence-electron chi connectivity index (χ2n) is 8.80. The van der Waals surface area contributed by atoms with E-state index < -0.39 is 6.10 Å². The number of hydrogen-bond donors (Lipinski definition) is 0. The third-order valence-electron chi connectivity index (χ3n) is 5.49. The van der Waals surface area contributed by atoms with Gasteiger partial charge in [0.2, 0.25) is 5.91 Å². The molecular formula is C24H33FN4O3. The van der Waals surface area contributed by atoms with Crippen LogP contribution in [0.3, 0.4) is 0 Å². The molecule has 1 aromatic carbocycles. The van der Waals surface area contributed by atoms with Gasteiger partial charge >= 0.3 is 0 Å². The van der Waals surface area contributed by atoms with Crippen molar-refractivity contribution in [2.75, 3.05) is 26.2 Å². The average molecular weight is 445 g/mol. The van der Waals surface area contributed by atoms with Crippen LogP contribution in [0.4, 0.5) is 4.39 Å². The molecule has 0 spiro atoms. The van der Waals surface area contributed by atoms with Gasteiger partial charge in [-0.3, -0.25) is 14.3 Å². The zero-order chi connectivity index (χ0) is 23.3. The molecule has 2 aromatic rings. The molecule has 7 nitrogen and oxygen atoms in total. The molecule has 174 valence electrons. The highest BCUT2D eigenvalue weighted by Crippen LogP contribution is 2.17. The number of benzene rings is 1. The zero-order valence-corrected chi connectivity index (χ0v) is 19.4. The zero-order valence-electron chi connectivity index (χ0n) is 19.4. The maximum Gasteiger partial charge on any atom is 0.272 e. The Hall–Kier alpha value is -2.74. The Kier molecular flexibility index (Phi) is 8.01. The molecule has 1 atom stereocenters. The van der Waals surface area contributed by atoms with Crippen LogP contribution < -0.4 is 0 Å². The first kappa shape index (κ1) is 23.9. The molecule has 0 bridgehead atoms. The molecule has 1 aliphatic heterocycles. The molecule has 32 heavy (non-hydrogen) atoms. The van der Waals surface area contributed by atoms with Crippen molar-refractivity contribution in [2.24, 2.45) is 13.0 Å². The van der Waals surface area contributed by atoms with Crippen molar-refractivity contribution in [2.45, 2.75) is 46.3 Å². The van der Waals surface area contributed by atoms with Crippen LogP contribution in [0, 0.1) is 11.7 Å². The highest BCUT2D eigenvalue weighted by molar-refractivity contribution is 5.95. The lowest BCUT2D eigenvalue weighted by molar-refractivity contribution is -0.132. The van der Waals surface area contributed by atoms with E-state index in [1.165, 1.54) is 11.0 Å². The van der Waals surface area contributed by atoms with Gasteiger partial charge in [-0.1, -0.05) is 45.4 Å². The molecule has 1 fully saturated rings. The minimum atomic E-state index is -0.424. The van der Waals surface area contributed by atoms with Gasteiger partial charge in [-0.2, -0.15) is 5.10 Å². The molecule has 0 N–H and O–H groups in total. The second-order valence-corrected chi connectivity index (χ2v) is 8.80. The Morgan fingerprint density at radius 1 is 1.28 bits per heavy atom. The summed E-state index contributed by atoms with van der Waals surface area (Å²) in [5.74, 6) is -0.411. The number of rotatable bonds is 8. The van der Waals surface area contributed by atoms with Gasteiger partial charge in [0.1, 0.15) is 18.1 Å². The maximum atomic E-state index is 14.1. The number of aryl methyl sites for hydroxylation is 2. The Morgan fingerprint density at radius 2 is 2.03 bits per heavy atom. The fourth-order valence-corrected chi connectivity index (χ4v) is 3.95. The van der Waals surface area contributed by atoms with Crippen molar-refractivity contribution < 1.29 is 18.7 Å². The average Bonchev–Trinajstić information content (AvgIpc) is 3.03. The van der Waals surface area contributed by atoms with Crippen LogP contribution in [-0.4, -0.2) is 63.7 Å². The summed E-state index contributed by atoms with van der Waals surface area (Å²) in [7, 11) is 1.74. The molecule has 0 radical (unpaired) electrons. The van der Waals surface area contributed by atoms with Crippen molar-refractivity contribution in [3.8, 4) is 0 Å². The van der Waals surface area contributed by atoms with Gasteiger partial charge < -0.3 is 14.5 Å². The molecule has 1 unspecified atom stereocenters. The smallest absolute Gasteiger partial charge is 0.272 e. The number of carbonyl (C=O) groups is 2. The Morgan fingerprint density at radius 3 is 2.72 bits per heavy atom. The topological polar surface area (TPSA) is 67.7 Å². The van der Waals surface area contributed by atoms with Crippen LogP contribution >= 0.6 is 0 Å². The SMILES string of the molecule is CCCc1cc(C(=O)N2CC(=O)N(CC(C)C)CC(OCc3ccccc3F)C2)n(C)n1. The van der Waals surface area contributed by atoms with Gasteiger partial charge in [-0.05, 0) is 24.5 Å². The van der Waals surface area contributed by atoms with Crippen molar-refractivity contribution in [3.63, 3.8) is 0 Å². The molecule has 8 heteroatoms. The number of nitrogens with zero attached hydrogens (tertiary/aromatic N) is 4. The molecule has 0 saturated carbocycles. The number of aromatic nitrogens is 2. The van der Waals surface area contributed by atoms with E-state index in [0.717, 1.165) is 18.5 Å². The van der Waals surface area contributed by atoms with Crippen molar-refractivity contribution in [1.29, 1.82) is 0 Å². The summed E-state index contributed by atoms with van der Waals surface area (Å²) in [6.45, 7) is 7.40. The number of hydrogen-bond acceptors (Lipinski definition) is 4. The van der Waals surface area contributed by atoms with Crippen molar-refractivity contribution in [1.82, 2.24) is 19.6 Å². The number of ether oxygens (including phenoxy) is 1. The quantitative estimate of drug-likeness (QED) is 0.628. The van der Waals surface area contributed by atoms with E-state index in [1.807, 2.05) is 13.8 Å². The molecular weight excluding hydrogens is 411 g/mol. The predicted octanol–water partition coefficient (Wildman–Crippen LogP) is 3.04. The van der Waals surface area contributed by atoms with E-state index in [-0.39, 0.29) is 43.2 Å².